The second-order valence-corrected chi connectivity index (χ2v) is 6.20. The molecule has 0 aliphatic carbocycles. The predicted molar refractivity (Wildman–Crippen MR) is 88.3 cm³/mol. The molecule has 1 atom stereocenters. The van der Waals surface area contributed by atoms with Crippen LogP contribution in [0, 0.1) is 0 Å². The van der Waals surface area contributed by atoms with Crippen molar-refractivity contribution in [3.05, 3.63) is 48.2 Å². The van der Waals surface area contributed by atoms with Gasteiger partial charge in [0, 0.05) is 24.0 Å². The van der Waals surface area contributed by atoms with Gasteiger partial charge in [0.1, 0.15) is 11.9 Å². The number of aromatic nitrogens is 3. The van der Waals surface area contributed by atoms with Crippen LogP contribution in [0.4, 0.5) is 0 Å². The fraction of sp³-hybridized carbons (Fsp3) is 0.353. The van der Waals surface area contributed by atoms with Gasteiger partial charge < -0.3 is 10.2 Å². The van der Waals surface area contributed by atoms with Gasteiger partial charge in [-0.3, -0.25) is 9.69 Å². The number of piperidine rings is 1. The van der Waals surface area contributed by atoms with Crippen molar-refractivity contribution >= 4 is 16.9 Å². The van der Waals surface area contributed by atoms with Crippen LogP contribution in [0.3, 0.4) is 0 Å². The maximum atomic E-state index is 11.2. The average molecular weight is 325 g/mol. The number of fused-ring (bicyclic) bond motifs is 1. The minimum absolute atomic E-state index is 0.0768. The molecule has 1 fully saturated rings. The zero-order valence-electron chi connectivity index (χ0n) is 13.3. The zero-order valence-corrected chi connectivity index (χ0v) is 13.3. The number of likely N-dealkylation sites (tertiary alicyclic amines) is 1. The molecule has 24 heavy (non-hydrogen) atoms. The Morgan fingerprint density at radius 2 is 2.25 bits per heavy atom. The highest BCUT2D eigenvalue weighted by Gasteiger charge is 2.23. The molecule has 3 aromatic rings. The predicted octanol–water partition coefficient (Wildman–Crippen LogP) is 1.96. The quantitative estimate of drug-likeness (QED) is 0.792. The van der Waals surface area contributed by atoms with Crippen LogP contribution < -0.4 is 5.73 Å². The maximum absolute atomic E-state index is 11.2. The minimum Gasteiger partial charge on any atom is -0.464 e. The lowest BCUT2D eigenvalue weighted by molar-refractivity contribution is 0.0989. The minimum atomic E-state index is -0.591. The number of hydrogen-bond acceptors (Lipinski definition) is 5. The van der Waals surface area contributed by atoms with Gasteiger partial charge in [-0.25, -0.2) is 9.67 Å². The van der Waals surface area contributed by atoms with Crippen molar-refractivity contribution < 1.29 is 9.21 Å². The van der Waals surface area contributed by atoms with Crippen molar-refractivity contribution in [2.75, 3.05) is 13.1 Å². The standard InChI is InChI=1S/C17H19N5O2/c18-16(23)17-19-11-22(20-17)13-4-3-7-21(9-13)8-12-10-24-15-6-2-1-5-14(12)15/h1-2,5-6,10-11,13H,3-4,7-9H2,(H2,18,23). The first-order valence-corrected chi connectivity index (χ1v) is 8.09. The Kier molecular flexibility index (Phi) is 3.78. The molecular weight excluding hydrogens is 306 g/mol. The van der Waals surface area contributed by atoms with Gasteiger partial charge in [-0.1, -0.05) is 18.2 Å². The molecule has 1 aromatic carbocycles. The molecule has 1 unspecified atom stereocenters. The number of hydrogen-bond donors (Lipinski definition) is 1. The Balaban J connectivity index is 1.49. The highest BCUT2D eigenvalue weighted by molar-refractivity contribution is 5.88. The number of benzene rings is 1. The van der Waals surface area contributed by atoms with Crippen molar-refractivity contribution in [3.8, 4) is 0 Å². The third kappa shape index (κ3) is 2.78. The molecule has 1 saturated heterocycles. The average Bonchev–Trinajstić information content (AvgIpc) is 3.23. The number of nitrogens with zero attached hydrogens (tertiary/aromatic N) is 4. The summed E-state index contributed by atoms with van der Waals surface area (Å²) >= 11 is 0. The zero-order chi connectivity index (χ0) is 16.5. The lowest BCUT2D eigenvalue weighted by Crippen LogP contribution is -2.36. The molecular formula is C17H19N5O2. The van der Waals surface area contributed by atoms with E-state index in [4.69, 9.17) is 10.2 Å². The van der Waals surface area contributed by atoms with E-state index in [0.717, 1.165) is 43.4 Å². The van der Waals surface area contributed by atoms with Crippen LogP contribution in [-0.2, 0) is 6.54 Å². The van der Waals surface area contributed by atoms with Gasteiger partial charge >= 0.3 is 0 Å². The number of nitrogens with two attached hydrogens (primary N) is 1. The molecule has 1 aliphatic heterocycles. The van der Waals surface area contributed by atoms with Gasteiger partial charge in [-0.15, -0.1) is 5.10 Å². The first kappa shape index (κ1) is 14.9. The van der Waals surface area contributed by atoms with Crippen LogP contribution >= 0.6 is 0 Å². The van der Waals surface area contributed by atoms with E-state index >= 15 is 0 Å². The number of primary amides is 1. The fourth-order valence-electron chi connectivity index (χ4n) is 3.35. The molecule has 124 valence electrons. The molecule has 2 aromatic heterocycles. The monoisotopic (exact) mass is 325 g/mol. The highest BCUT2D eigenvalue weighted by Crippen LogP contribution is 2.26. The number of rotatable bonds is 4. The van der Waals surface area contributed by atoms with Crippen LogP contribution in [0.5, 0.6) is 0 Å². The summed E-state index contributed by atoms with van der Waals surface area (Å²) in [6.07, 6.45) is 5.53. The van der Waals surface area contributed by atoms with Crippen LogP contribution in [0.1, 0.15) is 35.1 Å². The number of furan rings is 1. The van der Waals surface area contributed by atoms with Crippen LogP contribution in [0.25, 0.3) is 11.0 Å². The largest absolute Gasteiger partial charge is 0.464 e. The molecule has 3 heterocycles. The van der Waals surface area contributed by atoms with Crippen molar-refractivity contribution in [3.63, 3.8) is 0 Å². The molecule has 0 saturated carbocycles. The normalized spacial score (nSPS) is 18.9. The summed E-state index contributed by atoms with van der Waals surface area (Å²) in [5.74, 6) is -0.515. The van der Waals surface area contributed by atoms with Crippen molar-refractivity contribution in [2.45, 2.75) is 25.4 Å². The summed E-state index contributed by atoms with van der Waals surface area (Å²) in [6, 6.07) is 8.29. The molecule has 1 aliphatic rings. The number of amides is 1. The summed E-state index contributed by atoms with van der Waals surface area (Å²) in [4.78, 5) is 17.5. The second kappa shape index (κ2) is 6.09. The molecule has 7 heteroatoms. The molecule has 7 nitrogen and oxygen atoms in total. The first-order valence-electron chi connectivity index (χ1n) is 8.09. The molecule has 1 amide bonds. The van der Waals surface area contributed by atoms with E-state index in [1.165, 1.54) is 5.56 Å². The third-order valence-electron chi connectivity index (χ3n) is 4.54. The van der Waals surface area contributed by atoms with Gasteiger partial charge in [0.05, 0.1) is 12.3 Å². The second-order valence-electron chi connectivity index (χ2n) is 6.20. The van der Waals surface area contributed by atoms with E-state index in [9.17, 15) is 4.79 Å². The van der Waals surface area contributed by atoms with E-state index < -0.39 is 5.91 Å². The van der Waals surface area contributed by atoms with Crippen LogP contribution in [0.2, 0.25) is 0 Å². The number of carbonyl (C=O) groups is 1. The highest BCUT2D eigenvalue weighted by atomic mass is 16.3. The summed E-state index contributed by atoms with van der Waals surface area (Å²) in [5, 5.41) is 5.36. The Hall–Kier alpha value is -2.67. The van der Waals surface area contributed by atoms with Crippen molar-refractivity contribution in [1.29, 1.82) is 0 Å². The smallest absolute Gasteiger partial charge is 0.288 e. The molecule has 0 bridgehead atoms. The van der Waals surface area contributed by atoms with E-state index in [1.807, 2.05) is 24.5 Å². The van der Waals surface area contributed by atoms with Gasteiger partial charge in [-0.2, -0.15) is 0 Å². The molecule has 0 radical (unpaired) electrons. The lowest BCUT2D eigenvalue weighted by Gasteiger charge is -2.32. The van der Waals surface area contributed by atoms with E-state index in [0.29, 0.717) is 0 Å². The Morgan fingerprint density at radius 3 is 3.08 bits per heavy atom. The van der Waals surface area contributed by atoms with E-state index in [1.54, 1.807) is 11.0 Å². The number of para-hydroxylation sites is 1. The number of carbonyl (C=O) groups excluding carboxylic acids is 1. The Bertz CT molecular complexity index is 869. The first-order chi connectivity index (χ1) is 11.7. The SMILES string of the molecule is NC(=O)c1ncn(C2CCCN(Cc3coc4ccccc34)C2)n1. The van der Waals surface area contributed by atoms with Crippen LogP contribution in [0.15, 0.2) is 41.3 Å². The summed E-state index contributed by atoms with van der Waals surface area (Å²) < 4.78 is 7.39. The van der Waals surface area contributed by atoms with Gasteiger partial charge in [0.15, 0.2) is 0 Å². The van der Waals surface area contributed by atoms with Gasteiger partial charge in [-0.05, 0) is 25.5 Å². The maximum Gasteiger partial charge on any atom is 0.288 e. The third-order valence-corrected chi connectivity index (χ3v) is 4.54. The topological polar surface area (TPSA) is 90.2 Å². The van der Waals surface area contributed by atoms with Crippen molar-refractivity contribution in [1.82, 2.24) is 19.7 Å². The molecule has 0 spiro atoms. The molecule has 2 N–H and O–H groups in total. The van der Waals surface area contributed by atoms with Gasteiger partial charge in [0.25, 0.3) is 5.91 Å². The molecule has 4 rings (SSSR count). The van der Waals surface area contributed by atoms with Gasteiger partial charge in [0.2, 0.25) is 5.82 Å². The van der Waals surface area contributed by atoms with E-state index in [-0.39, 0.29) is 11.9 Å². The van der Waals surface area contributed by atoms with Crippen LogP contribution in [-0.4, -0.2) is 38.7 Å². The summed E-state index contributed by atoms with van der Waals surface area (Å²) in [7, 11) is 0. The Morgan fingerprint density at radius 1 is 1.38 bits per heavy atom. The summed E-state index contributed by atoms with van der Waals surface area (Å²) in [6.45, 7) is 2.74. The lowest BCUT2D eigenvalue weighted by atomic mass is 10.0. The fourth-order valence-corrected chi connectivity index (χ4v) is 3.35. The van der Waals surface area contributed by atoms with E-state index in [2.05, 4.69) is 21.0 Å². The Labute approximate surface area is 139 Å². The van der Waals surface area contributed by atoms with Crippen molar-refractivity contribution in [2.24, 2.45) is 5.73 Å². The summed E-state index contributed by atoms with van der Waals surface area (Å²) in [5.41, 5.74) is 7.35.